The van der Waals surface area contributed by atoms with Crippen LogP contribution >= 0.6 is 11.8 Å². The Morgan fingerprint density at radius 2 is 2.20 bits per heavy atom. The molecular weight excluding hydrogens is 206 g/mol. The summed E-state index contributed by atoms with van der Waals surface area (Å²) in [6.45, 7) is 2.52. The fourth-order valence-corrected chi connectivity index (χ4v) is 2.88. The first kappa shape index (κ1) is 12.4. The van der Waals surface area contributed by atoms with Crippen LogP contribution in [0.5, 0.6) is 0 Å². The second-order valence-electron chi connectivity index (χ2n) is 3.79. The van der Waals surface area contributed by atoms with Gasteiger partial charge in [-0.2, -0.15) is 11.8 Å². The Kier molecular flexibility index (Phi) is 6.34. The zero-order valence-corrected chi connectivity index (χ0v) is 10.2. The lowest BCUT2D eigenvalue weighted by Crippen LogP contribution is -2.27. The topological polar surface area (TPSA) is 29.1 Å². The van der Waals surface area contributed by atoms with Gasteiger partial charge in [0.15, 0.2) is 0 Å². The molecule has 0 aliphatic carbocycles. The zero-order chi connectivity index (χ0) is 10.9. The molecule has 84 valence electrons. The van der Waals surface area contributed by atoms with E-state index in [4.69, 9.17) is 0 Å². The largest absolute Gasteiger partial charge is 0.355 e. The van der Waals surface area contributed by atoms with Gasteiger partial charge in [-0.1, -0.05) is 0 Å². The Morgan fingerprint density at radius 3 is 2.87 bits per heavy atom. The fourth-order valence-electron chi connectivity index (χ4n) is 1.67. The minimum absolute atomic E-state index is 0.199. The van der Waals surface area contributed by atoms with Crippen molar-refractivity contribution in [2.45, 2.75) is 32.6 Å². The minimum Gasteiger partial charge on any atom is -0.355 e. The van der Waals surface area contributed by atoms with Gasteiger partial charge < -0.3 is 5.32 Å². The molecule has 0 bridgehead atoms. The van der Waals surface area contributed by atoms with Gasteiger partial charge in [-0.15, -0.1) is 11.8 Å². The number of carbonyl (C=O) groups is 1. The van der Waals surface area contributed by atoms with E-state index < -0.39 is 0 Å². The van der Waals surface area contributed by atoms with Crippen LogP contribution in [0.3, 0.4) is 0 Å². The lowest BCUT2D eigenvalue weighted by atomic mass is 9.98. The van der Waals surface area contributed by atoms with Crippen LogP contribution in [-0.2, 0) is 4.79 Å². The molecule has 0 aromatic carbocycles. The lowest BCUT2D eigenvalue weighted by molar-refractivity contribution is -0.122. The van der Waals surface area contributed by atoms with E-state index in [9.17, 15) is 4.79 Å². The van der Waals surface area contributed by atoms with Gasteiger partial charge in [0.05, 0.1) is 0 Å². The third-order valence-electron chi connectivity index (χ3n) is 2.56. The van der Waals surface area contributed by atoms with Crippen LogP contribution in [0, 0.1) is 17.8 Å². The Balaban J connectivity index is 2.08. The number of hydrogen-bond acceptors (Lipinski definition) is 2. The highest BCUT2D eigenvalue weighted by Gasteiger charge is 2.16. The van der Waals surface area contributed by atoms with E-state index in [0.29, 0.717) is 18.9 Å². The SMILES string of the molecule is CC#CCCNC(=O)CC1CCSCC1. The molecule has 1 fully saturated rings. The number of nitrogens with one attached hydrogen (secondary N) is 1. The molecule has 0 aromatic heterocycles. The highest BCUT2D eigenvalue weighted by molar-refractivity contribution is 7.99. The average molecular weight is 225 g/mol. The van der Waals surface area contributed by atoms with Crippen LogP contribution in [0.25, 0.3) is 0 Å². The highest BCUT2D eigenvalue weighted by atomic mass is 32.2. The van der Waals surface area contributed by atoms with Crippen molar-refractivity contribution >= 4 is 17.7 Å². The molecule has 1 amide bonds. The van der Waals surface area contributed by atoms with E-state index in [0.717, 1.165) is 6.42 Å². The first-order valence-electron chi connectivity index (χ1n) is 5.57. The van der Waals surface area contributed by atoms with Crippen molar-refractivity contribution in [3.63, 3.8) is 0 Å². The summed E-state index contributed by atoms with van der Waals surface area (Å²) in [6.07, 6.45) is 3.88. The lowest BCUT2D eigenvalue weighted by Gasteiger charge is -2.20. The molecule has 2 nitrogen and oxygen atoms in total. The number of rotatable bonds is 4. The smallest absolute Gasteiger partial charge is 0.220 e. The quantitative estimate of drug-likeness (QED) is 0.586. The monoisotopic (exact) mass is 225 g/mol. The molecule has 1 aliphatic rings. The second kappa shape index (κ2) is 7.64. The normalized spacial score (nSPS) is 16.6. The first-order chi connectivity index (χ1) is 7.33. The van der Waals surface area contributed by atoms with Crippen molar-refractivity contribution in [2.24, 2.45) is 5.92 Å². The van der Waals surface area contributed by atoms with Crippen LogP contribution in [0.1, 0.15) is 32.6 Å². The molecule has 0 spiro atoms. The number of hydrogen-bond donors (Lipinski definition) is 1. The maximum Gasteiger partial charge on any atom is 0.220 e. The summed E-state index contributed by atoms with van der Waals surface area (Å²) in [5.74, 6) is 9.01. The van der Waals surface area contributed by atoms with Gasteiger partial charge in [0, 0.05) is 19.4 Å². The minimum atomic E-state index is 0.199. The maximum absolute atomic E-state index is 11.5. The number of amides is 1. The van der Waals surface area contributed by atoms with Gasteiger partial charge in [-0.25, -0.2) is 0 Å². The van der Waals surface area contributed by atoms with E-state index in [1.807, 2.05) is 18.7 Å². The van der Waals surface area contributed by atoms with Gasteiger partial charge in [-0.05, 0) is 37.2 Å². The summed E-state index contributed by atoms with van der Waals surface area (Å²) in [6, 6.07) is 0. The highest BCUT2D eigenvalue weighted by Crippen LogP contribution is 2.24. The number of thioether (sulfide) groups is 1. The molecule has 0 aromatic rings. The van der Waals surface area contributed by atoms with Crippen LogP contribution in [0.2, 0.25) is 0 Å². The fraction of sp³-hybridized carbons (Fsp3) is 0.750. The molecule has 0 saturated carbocycles. The Hall–Kier alpha value is -0.620. The molecule has 15 heavy (non-hydrogen) atoms. The van der Waals surface area contributed by atoms with Crippen LogP contribution < -0.4 is 5.32 Å². The standard InChI is InChI=1S/C12H19NOS/c1-2-3-4-7-13-12(14)10-11-5-8-15-9-6-11/h11H,4-10H2,1H3,(H,13,14). The van der Waals surface area contributed by atoms with Crippen LogP contribution in [0.15, 0.2) is 0 Å². The molecule has 0 radical (unpaired) electrons. The van der Waals surface area contributed by atoms with Crippen molar-refractivity contribution in [1.29, 1.82) is 0 Å². The first-order valence-corrected chi connectivity index (χ1v) is 6.72. The van der Waals surface area contributed by atoms with Gasteiger partial charge in [0.1, 0.15) is 0 Å². The third-order valence-corrected chi connectivity index (χ3v) is 3.61. The Bertz CT molecular complexity index is 248. The van der Waals surface area contributed by atoms with Crippen molar-refractivity contribution in [3.8, 4) is 11.8 Å². The van der Waals surface area contributed by atoms with E-state index in [1.54, 1.807) is 0 Å². The molecule has 1 N–H and O–H groups in total. The third kappa shape index (κ3) is 5.74. The molecule has 1 heterocycles. The predicted molar refractivity (Wildman–Crippen MR) is 65.7 cm³/mol. The van der Waals surface area contributed by atoms with Crippen LogP contribution in [-0.4, -0.2) is 24.0 Å². The molecule has 1 saturated heterocycles. The summed E-state index contributed by atoms with van der Waals surface area (Å²) in [4.78, 5) is 11.5. The van der Waals surface area contributed by atoms with E-state index in [-0.39, 0.29) is 5.91 Å². The van der Waals surface area contributed by atoms with Crippen molar-refractivity contribution in [2.75, 3.05) is 18.1 Å². The Morgan fingerprint density at radius 1 is 1.47 bits per heavy atom. The molecule has 0 unspecified atom stereocenters. The van der Waals surface area contributed by atoms with Gasteiger partial charge >= 0.3 is 0 Å². The van der Waals surface area contributed by atoms with Gasteiger partial charge in [-0.3, -0.25) is 4.79 Å². The van der Waals surface area contributed by atoms with Crippen LogP contribution in [0.4, 0.5) is 0 Å². The van der Waals surface area contributed by atoms with Crippen molar-refractivity contribution in [3.05, 3.63) is 0 Å². The predicted octanol–water partition coefficient (Wildman–Crippen LogP) is 2.05. The van der Waals surface area contributed by atoms with Gasteiger partial charge in [0.25, 0.3) is 0 Å². The molecule has 1 aliphatic heterocycles. The summed E-state index contributed by atoms with van der Waals surface area (Å²) in [5, 5.41) is 2.92. The molecule has 3 heteroatoms. The maximum atomic E-state index is 11.5. The molecule has 0 atom stereocenters. The number of carbonyl (C=O) groups excluding carboxylic acids is 1. The summed E-state index contributed by atoms with van der Waals surface area (Å²) >= 11 is 2.00. The Labute approximate surface area is 96.6 Å². The molecule has 1 rings (SSSR count). The molecular formula is C12H19NOS. The van der Waals surface area contributed by atoms with E-state index >= 15 is 0 Å². The van der Waals surface area contributed by atoms with Crippen molar-refractivity contribution < 1.29 is 4.79 Å². The van der Waals surface area contributed by atoms with Crippen molar-refractivity contribution in [1.82, 2.24) is 5.32 Å². The zero-order valence-electron chi connectivity index (χ0n) is 9.34. The summed E-state index contributed by atoms with van der Waals surface area (Å²) < 4.78 is 0. The van der Waals surface area contributed by atoms with E-state index in [1.165, 1.54) is 24.3 Å². The summed E-state index contributed by atoms with van der Waals surface area (Å²) in [7, 11) is 0. The van der Waals surface area contributed by atoms with E-state index in [2.05, 4.69) is 17.2 Å². The summed E-state index contributed by atoms with van der Waals surface area (Å²) in [5.41, 5.74) is 0. The van der Waals surface area contributed by atoms with Gasteiger partial charge in [0.2, 0.25) is 5.91 Å². The average Bonchev–Trinajstić information content (AvgIpc) is 2.26. The second-order valence-corrected chi connectivity index (χ2v) is 5.01.